The van der Waals surface area contributed by atoms with Crippen LogP contribution in [0.5, 0.6) is 0 Å². The number of hydrogen-bond acceptors (Lipinski definition) is 2. The van der Waals surface area contributed by atoms with Crippen LogP contribution in [0.15, 0.2) is 30.3 Å². The van der Waals surface area contributed by atoms with Gasteiger partial charge in [-0.25, -0.2) is 0 Å². The van der Waals surface area contributed by atoms with Crippen molar-refractivity contribution in [3.8, 4) is 0 Å². The summed E-state index contributed by atoms with van der Waals surface area (Å²) < 4.78 is 0. The number of Topliss-reactive ketones (excluding diaryl/α,β-unsaturated/α-hetero) is 1. The minimum atomic E-state index is 0.156. The summed E-state index contributed by atoms with van der Waals surface area (Å²) in [4.78, 5) is 11.3. The smallest absolute Gasteiger partial charge is 0.160 e. The standard InChI is InChI=1S/C20H25N.C12H16O/c1-13-7-8-18(15(3)14(13)2)9-10-19-11-12-20(21-6)17(5)16(19)4;1-7-6-12(11(5)13)10(4)9(3)8(7)2/h7-12,21H,1-6H3;6H,1-5H3/b10-9+;. The number of anilines is 1. The Morgan fingerprint density at radius 3 is 1.65 bits per heavy atom. The van der Waals surface area contributed by atoms with Crippen molar-refractivity contribution in [1.29, 1.82) is 0 Å². The van der Waals surface area contributed by atoms with Gasteiger partial charge < -0.3 is 5.32 Å². The molecular weight excluding hydrogens is 414 g/mol. The van der Waals surface area contributed by atoms with Crippen LogP contribution in [0, 0.1) is 62.3 Å². The van der Waals surface area contributed by atoms with E-state index in [1.807, 2.05) is 27.0 Å². The summed E-state index contributed by atoms with van der Waals surface area (Å²) in [5.74, 6) is 0.156. The van der Waals surface area contributed by atoms with Gasteiger partial charge in [-0.05, 0) is 143 Å². The van der Waals surface area contributed by atoms with Crippen LogP contribution in [-0.4, -0.2) is 12.8 Å². The minimum absolute atomic E-state index is 0.156. The van der Waals surface area contributed by atoms with Crippen LogP contribution in [0.3, 0.4) is 0 Å². The third-order valence-corrected chi connectivity index (χ3v) is 7.50. The van der Waals surface area contributed by atoms with Gasteiger partial charge in [-0.1, -0.05) is 30.4 Å². The number of ketones is 1. The van der Waals surface area contributed by atoms with Crippen molar-refractivity contribution >= 4 is 23.6 Å². The molecule has 0 aliphatic rings. The fourth-order valence-corrected chi connectivity index (χ4v) is 4.21. The van der Waals surface area contributed by atoms with Crippen molar-refractivity contribution < 1.29 is 4.79 Å². The molecule has 0 bridgehead atoms. The molecule has 180 valence electrons. The molecule has 3 aromatic rings. The first-order chi connectivity index (χ1) is 15.9. The minimum Gasteiger partial charge on any atom is -0.388 e. The first-order valence-corrected chi connectivity index (χ1v) is 12.0. The van der Waals surface area contributed by atoms with Crippen LogP contribution >= 0.6 is 0 Å². The predicted molar refractivity (Wildman–Crippen MR) is 150 cm³/mol. The van der Waals surface area contributed by atoms with Crippen molar-refractivity contribution in [2.75, 3.05) is 12.4 Å². The Bertz CT molecular complexity index is 1240. The van der Waals surface area contributed by atoms with E-state index >= 15 is 0 Å². The number of nitrogens with one attached hydrogen (secondary N) is 1. The Labute approximate surface area is 207 Å². The van der Waals surface area contributed by atoms with Crippen LogP contribution in [0.2, 0.25) is 0 Å². The molecule has 0 heterocycles. The SMILES string of the molecule is CC(=O)c1cc(C)c(C)c(C)c1C.CNc1ccc(/C=C/c2ccc(C)c(C)c2C)c(C)c1C. The Balaban J connectivity index is 0.000000270. The van der Waals surface area contributed by atoms with Crippen LogP contribution in [0.4, 0.5) is 5.69 Å². The third kappa shape index (κ3) is 5.86. The Morgan fingerprint density at radius 1 is 0.618 bits per heavy atom. The van der Waals surface area contributed by atoms with Gasteiger partial charge in [0.2, 0.25) is 0 Å². The maximum Gasteiger partial charge on any atom is 0.160 e. The number of benzene rings is 3. The monoisotopic (exact) mass is 455 g/mol. The highest BCUT2D eigenvalue weighted by Crippen LogP contribution is 2.25. The summed E-state index contributed by atoms with van der Waals surface area (Å²) in [6.45, 7) is 20.8. The molecule has 0 saturated carbocycles. The summed E-state index contributed by atoms with van der Waals surface area (Å²) in [5.41, 5.74) is 16.3. The number of carbonyl (C=O) groups is 1. The molecular formula is C32H41NO. The van der Waals surface area contributed by atoms with Crippen molar-refractivity contribution in [3.05, 3.63) is 97.1 Å². The van der Waals surface area contributed by atoms with Crippen LogP contribution in [-0.2, 0) is 0 Å². The van der Waals surface area contributed by atoms with Crippen LogP contribution < -0.4 is 5.32 Å². The average molecular weight is 456 g/mol. The quantitative estimate of drug-likeness (QED) is 0.315. The van der Waals surface area contributed by atoms with Crippen molar-refractivity contribution in [3.63, 3.8) is 0 Å². The molecule has 34 heavy (non-hydrogen) atoms. The summed E-state index contributed by atoms with van der Waals surface area (Å²) in [7, 11) is 1.97. The number of carbonyl (C=O) groups excluding carboxylic acids is 1. The van der Waals surface area contributed by atoms with Gasteiger partial charge in [0, 0.05) is 18.3 Å². The first-order valence-electron chi connectivity index (χ1n) is 12.0. The first kappa shape index (κ1) is 27.1. The Morgan fingerprint density at radius 2 is 1.12 bits per heavy atom. The highest BCUT2D eigenvalue weighted by molar-refractivity contribution is 5.96. The lowest BCUT2D eigenvalue weighted by molar-refractivity contribution is 0.101. The van der Waals surface area contributed by atoms with Crippen LogP contribution in [0.25, 0.3) is 12.2 Å². The number of aryl methyl sites for hydroxylation is 2. The van der Waals surface area contributed by atoms with E-state index in [2.05, 4.69) is 90.2 Å². The zero-order valence-corrected chi connectivity index (χ0v) is 22.9. The van der Waals surface area contributed by atoms with Crippen molar-refractivity contribution in [2.45, 2.75) is 69.2 Å². The van der Waals surface area contributed by atoms with Gasteiger partial charge in [-0.15, -0.1) is 0 Å². The predicted octanol–water partition coefficient (Wildman–Crippen LogP) is 8.56. The molecule has 0 saturated heterocycles. The zero-order valence-electron chi connectivity index (χ0n) is 22.9. The Hall–Kier alpha value is -3.13. The van der Waals surface area contributed by atoms with E-state index in [9.17, 15) is 4.79 Å². The normalized spacial score (nSPS) is 10.8. The van der Waals surface area contributed by atoms with Gasteiger partial charge in [0.15, 0.2) is 5.78 Å². The molecule has 0 aliphatic heterocycles. The summed E-state index contributed by atoms with van der Waals surface area (Å²) in [5, 5.41) is 3.24. The van der Waals surface area contributed by atoms with Gasteiger partial charge in [-0.3, -0.25) is 4.79 Å². The molecule has 0 radical (unpaired) electrons. The van der Waals surface area contributed by atoms with E-state index in [0.717, 1.165) is 11.1 Å². The molecule has 0 aliphatic carbocycles. The molecule has 0 unspecified atom stereocenters. The summed E-state index contributed by atoms with van der Waals surface area (Å²) in [6, 6.07) is 10.7. The Kier molecular flexibility index (Phi) is 9.04. The third-order valence-electron chi connectivity index (χ3n) is 7.50. The van der Waals surface area contributed by atoms with E-state index < -0.39 is 0 Å². The molecule has 0 amide bonds. The highest BCUT2D eigenvalue weighted by Gasteiger charge is 2.09. The summed E-state index contributed by atoms with van der Waals surface area (Å²) >= 11 is 0. The zero-order chi connectivity index (χ0) is 25.7. The van der Waals surface area contributed by atoms with E-state index in [1.165, 1.54) is 61.3 Å². The van der Waals surface area contributed by atoms with Gasteiger partial charge in [0.1, 0.15) is 0 Å². The van der Waals surface area contributed by atoms with Gasteiger partial charge >= 0.3 is 0 Å². The molecule has 1 N–H and O–H groups in total. The number of hydrogen-bond donors (Lipinski definition) is 1. The van der Waals surface area contributed by atoms with Gasteiger partial charge in [-0.2, -0.15) is 0 Å². The average Bonchev–Trinajstić information content (AvgIpc) is 2.80. The lowest BCUT2D eigenvalue weighted by Crippen LogP contribution is -2.01. The lowest BCUT2D eigenvalue weighted by atomic mass is 9.93. The molecule has 2 heteroatoms. The second-order valence-corrected chi connectivity index (χ2v) is 9.43. The van der Waals surface area contributed by atoms with Gasteiger partial charge in [0.25, 0.3) is 0 Å². The molecule has 0 atom stereocenters. The topological polar surface area (TPSA) is 29.1 Å². The molecule has 3 aromatic carbocycles. The van der Waals surface area contributed by atoms with E-state index in [-0.39, 0.29) is 5.78 Å². The van der Waals surface area contributed by atoms with Crippen molar-refractivity contribution in [2.24, 2.45) is 0 Å². The maximum absolute atomic E-state index is 11.3. The molecule has 0 spiro atoms. The van der Waals surface area contributed by atoms with Gasteiger partial charge in [0.05, 0.1) is 0 Å². The van der Waals surface area contributed by atoms with Crippen LogP contribution in [0.1, 0.15) is 78.5 Å². The van der Waals surface area contributed by atoms with E-state index in [1.54, 1.807) is 6.92 Å². The second-order valence-electron chi connectivity index (χ2n) is 9.43. The molecule has 2 nitrogen and oxygen atoms in total. The fraction of sp³-hybridized carbons (Fsp3) is 0.344. The summed E-state index contributed by atoms with van der Waals surface area (Å²) in [6.07, 6.45) is 4.45. The van der Waals surface area contributed by atoms with Crippen molar-refractivity contribution in [1.82, 2.24) is 0 Å². The number of rotatable bonds is 4. The largest absolute Gasteiger partial charge is 0.388 e. The van der Waals surface area contributed by atoms with E-state index in [0.29, 0.717) is 0 Å². The molecule has 0 aromatic heterocycles. The second kappa shape index (κ2) is 11.3. The fourth-order valence-electron chi connectivity index (χ4n) is 4.21. The molecule has 0 fully saturated rings. The molecule has 3 rings (SSSR count). The van der Waals surface area contributed by atoms with E-state index in [4.69, 9.17) is 0 Å². The maximum atomic E-state index is 11.3. The lowest BCUT2D eigenvalue weighted by Gasteiger charge is -2.11. The highest BCUT2D eigenvalue weighted by atomic mass is 16.1.